The molecule has 1 fully saturated rings. The summed E-state index contributed by atoms with van der Waals surface area (Å²) in [5.41, 5.74) is 0. The molecule has 1 saturated heterocycles. The molecular formula is C8H16O4. The Balaban J connectivity index is 2.42. The van der Waals surface area contributed by atoms with E-state index >= 15 is 0 Å². The molecule has 1 aliphatic heterocycles. The Bertz CT molecular complexity index is 122. The van der Waals surface area contributed by atoms with E-state index in [2.05, 4.69) is 0 Å². The number of hydrogen-bond acceptors (Lipinski definition) is 4. The van der Waals surface area contributed by atoms with Gasteiger partial charge in [-0.3, -0.25) is 0 Å². The van der Waals surface area contributed by atoms with E-state index in [1.807, 2.05) is 6.92 Å². The molecule has 4 nitrogen and oxygen atoms in total. The van der Waals surface area contributed by atoms with Crippen LogP contribution in [0.2, 0.25) is 0 Å². The zero-order chi connectivity index (χ0) is 8.97. The second-order valence-electron chi connectivity index (χ2n) is 2.75. The van der Waals surface area contributed by atoms with E-state index in [0.717, 1.165) is 0 Å². The summed E-state index contributed by atoms with van der Waals surface area (Å²) in [6, 6.07) is 0. The lowest BCUT2D eigenvalue weighted by molar-refractivity contribution is -0.169. The second-order valence-corrected chi connectivity index (χ2v) is 2.75. The van der Waals surface area contributed by atoms with Crippen LogP contribution in [-0.4, -0.2) is 45.9 Å². The molecule has 0 N–H and O–H groups in total. The standard InChI is InChI=1S/C8H16O4/c1-6(9-2)7(10-3)8-11-4-5-12-8/h6-8H,4-5H2,1-3H3. The van der Waals surface area contributed by atoms with Crippen LogP contribution >= 0.6 is 0 Å². The van der Waals surface area contributed by atoms with Crippen LogP contribution < -0.4 is 0 Å². The average molecular weight is 176 g/mol. The van der Waals surface area contributed by atoms with Crippen LogP contribution in [0, 0.1) is 0 Å². The van der Waals surface area contributed by atoms with E-state index in [0.29, 0.717) is 13.2 Å². The van der Waals surface area contributed by atoms with Crippen molar-refractivity contribution in [3.8, 4) is 0 Å². The van der Waals surface area contributed by atoms with Gasteiger partial charge in [0.25, 0.3) is 0 Å². The number of ether oxygens (including phenoxy) is 4. The van der Waals surface area contributed by atoms with Gasteiger partial charge in [-0.1, -0.05) is 0 Å². The predicted octanol–water partition coefficient (Wildman–Crippen LogP) is 0.409. The Morgan fingerprint density at radius 1 is 1.17 bits per heavy atom. The summed E-state index contributed by atoms with van der Waals surface area (Å²) in [4.78, 5) is 0. The third kappa shape index (κ3) is 2.17. The Morgan fingerprint density at radius 2 is 1.75 bits per heavy atom. The van der Waals surface area contributed by atoms with Gasteiger partial charge in [0.15, 0.2) is 6.29 Å². The van der Waals surface area contributed by atoms with E-state index in [1.54, 1.807) is 14.2 Å². The first-order chi connectivity index (χ1) is 5.79. The third-order valence-electron chi connectivity index (χ3n) is 2.02. The predicted molar refractivity (Wildman–Crippen MR) is 43.0 cm³/mol. The Morgan fingerprint density at radius 3 is 2.17 bits per heavy atom. The van der Waals surface area contributed by atoms with Crippen molar-refractivity contribution in [2.45, 2.75) is 25.4 Å². The summed E-state index contributed by atoms with van der Waals surface area (Å²) >= 11 is 0. The van der Waals surface area contributed by atoms with E-state index in [9.17, 15) is 0 Å². The van der Waals surface area contributed by atoms with Gasteiger partial charge in [0, 0.05) is 14.2 Å². The van der Waals surface area contributed by atoms with Crippen LogP contribution in [0.15, 0.2) is 0 Å². The highest BCUT2D eigenvalue weighted by molar-refractivity contribution is 4.72. The van der Waals surface area contributed by atoms with Crippen molar-refractivity contribution in [3.05, 3.63) is 0 Å². The lowest BCUT2D eigenvalue weighted by Gasteiger charge is -2.25. The summed E-state index contributed by atoms with van der Waals surface area (Å²) in [5.74, 6) is 0. The molecule has 0 aromatic rings. The molecule has 0 aromatic heterocycles. The molecule has 2 unspecified atom stereocenters. The molecule has 0 bridgehead atoms. The van der Waals surface area contributed by atoms with E-state index in [4.69, 9.17) is 18.9 Å². The molecule has 4 heteroatoms. The Hall–Kier alpha value is -0.160. The largest absolute Gasteiger partial charge is 0.379 e. The molecule has 1 rings (SSSR count). The molecule has 0 aromatic carbocycles. The van der Waals surface area contributed by atoms with E-state index in [-0.39, 0.29) is 18.5 Å². The van der Waals surface area contributed by atoms with Crippen LogP contribution in [-0.2, 0) is 18.9 Å². The maximum Gasteiger partial charge on any atom is 0.186 e. The SMILES string of the molecule is COC(C)C(OC)C1OCCO1. The van der Waals surface area contributed by atoms with Gasteiger partial charge in [-0.05, 0) is 6.92 Å². The van der Waals surface area contributed by atoms with Gasteiger partial charge >= 0.3 is 0 Å². The van der Waals surface area contributed by atoms with Crippen molar-refractivity contribution in [1.82, 2.24) is 0 Å². The fourth-order valence-corrected chi connectivity index (χ4v) is 1.22. The van der Waals surface area contributed by atoms with Crippen molar-refractivity contribution in [3.63, 3.8) is 0 Å². The highest BCUT2D eigenvalue weighted by Crippen LogP contribution is 2.15. The van der Waals surface area contributed by atoms with Gasteiger partial charge in [0.2, 0.25) is 0 Å². The highest BCUT2D eigenvalue weighted by atomic mass is 16.7. The van der Waals surface area contributed by atoms with Crippen molar-refractivity contribution in [2.75, 3.05) is 27.4 Å². The molecule has 2 atom stereocenters. The Labute approximate surface area is 72.7 Å². The number of hydrogen-bond donors (Lipinski definition) is 0. The van der Waals surface area contributed by atoms with Gasteiger partial charge in [0.05, 0.1) is 19.3 Å². The first-order valence-electron chi connectivity index (χ1n) is 4.08. The number of rotatable bonds is 4. The highest BCUT2D eigenvalue weighted by Gasteiger charge is 2.31. The zero-order valence-electron chi connectivity index (χ0n) is 7.78. The summed E-state index contributed by atoms with van der Waals surface area (Å²) in [7, 11) is 3.27. The van der Waals surface area contributed by atoms with Crippen molar-refractivity contribution in [2.24, 2.45) is 0 Å². The smallest absolute Gasteiger partial charge is 0.186 e. The van der Waals surface area contributed by atoms with Crippen molar-refractivity contribution < 1.29 is 18.9 Å². The first-order valence-corrected chi connectivity index (χ1v) is 4.08. The lowest BCUT2D eigenvalue weighted by Crippen LogP contribution is -2.39. The van der Waals surface area contributed by atoms with Gasteiger partial charge in [-0.15, -0.1) is 0 Å². The van der Waals surface area contributed by atoms with Crippen molar-refractivity contribution in [1.29, 1.82) is 0 Å². The van der Waals surface area contributed by atoms with E-state index in [1.165, 1.54) is 0 Å². The number of methoxy groups -OCH3 is 2. The van der Waals surface area contributed by atoms with Crippen LogP contribution in [0.3, 0.4) is 0 Å². The molecule has 0 radical (unpaired) electrons. The minimum atomic E-state index is -0.273. The molecule has 0 amide bonds. The summed E-state index contributed by atoms with van der Waals surface area (Å²) in [6.07, 6.45) is -0.430. The molecule has 0 saturated carbocycles. The maximum atomic E-state index is 5.30. The molecule has 0 aliphatic carbocycles. The fourth-order valence-electron chi connectivity index (χ4n) is 1.22. The van der Waals surface area contributed by atoms with Gasteiger partial charge < -0.3 is 18.9 Å². The quantitative estimate of drug-likeness (QED) is 0.621. The van der Waals surface area contributed by atoms with Crippen LogP contribution in [0.1, 0.15) is 6.92 Å². The van der Waals surface area contributed by atoms with Gasteiger partial charge in [-0.2, -0.15) is 0 Å². The third-order valence-corrected chi connectivity index (χ3v) is 2.02. The van der Waals surface area contributed by atoms with Gasteiger partial charge in [0.1, 0.15) is 6.10 Å². The maximum absolute atomic E-state index is 5.30. The first kappa shape index (κ1) is 9.92. The van der Waals surface area contributed by atoms with Gasteiger partial charge in [-0.25, -0.2) is 0 Å². The second kappa shape index (κ2) is 4.77. The minimum absolute atomic E-state index is 0.0156. The average Bonchev–Trinajstić information content (AvgIpc) is 2.58. The zero-order valence-corrected chi connectivity index (χ0v) is 7.78. The summed E-state index contributed by atoms with van der Waals surface area (Å²) in [5, 5.41) is 0. The minimum Gasteiger partial charge on any atom is -0.379 e. The molecular weight excluding hydrogens is 160 g/mol. The molecule has 72 valence electrons. The van der Waals surface area contributed by atoms with Crippen molar-refractivity contribution >= 4 is 0 Å². The lowest BCUT2D eigenvalue weighted by atomic mass is 10.2. The van der Waals surface area contributed by atoms with E-state index < -0.39 is 0 Å². The summed E-state index contributed by atoms with van der Waals surface area (Å²) < 4.78 is 20.9. The fraction of sp³-hybridized carbons (Fsp3) is 1.00. The van der Waals surface area contributed by atoms with Crippen LogP contribution in [0.5, 0.6) is 0 Å². The van der Waals surface area contributed by atoms with Crippen LogP contribution in [0.25, 0.3) is 0 Å². The molecule has 1 heterocycles. The summed E-state index contributed by atoms with van der Waals surface area (Å²) in [6.45, 7) is 3.21. The molecule has 12 heavy (non-hydrogen) atoms. The monoisotopic (exact) mass is 176 g/mol. The topological polar surface area (TPSA) is 36.9 Å². The Kier molecular flexibility index (Phi) is 3.94. The molecule has 1 aliphatic rings. The van der Waals surface area contributed by atoms with Crippen LogP contribution in [0.4, 0.5) is 0 Å². The normalized spacial score (nSPS) is 24.2. The molecule has 0 spiro atoms.